The maximum Gasteiger partial charge on any atom is 0.210 e. The molecule has 0 atom stereocenters. The molecule has 0 amide bonds. The number of methoxy groups -OCH3 is 1. The minimum atomic E-state index is -0.115. The summed E-state index contributed by atoms with van der Waals surface area (Å²) in [6.45, 7) is 0.736. The van der Waals surface area contributed by atoms with Gasteiger partial charge in [-0.05, 0) is 23.3 Å². The number of aliphatic hydroxyl groups excluding tert-OH is 1. The summed E-state index contributed by atoms with van der Waals surface area (Å²) in [7, 11) is 1.54. The molecule has 0 aromatic heterocycles. The van der Waals surface area contributed by atoms with E-state index in [9.17, 15) is 0 Å². The fraction of sp³-hybridized carbons (Fsp3) is 0.250. The van der Waals surface area contributed by atoms with E-state index in [1.54, 1.807) is 12.1 Å². The molecule has 0 saturated carbocycles. The van der Waals surface area contributed by atoms with E-state index in [1.807, 2.05) is 60.7 Å². The first-order chi connectivity index (χ1) is 14.8. The Morgan fingerprint density at radius 3 is 1.73 bits per heavy atom. The molecule has 3 aromatic carbocycles. The molecule has 0 saturated heterocycles. The van der Waals surface area contributed by atoms with Crippen LogP contribution in [0.2, 0.25) is 0 Å². The van der Waals surface area contributed by atoms with Crippen LogP contribution in [0.5, 0.6) is 23.0 Å². The molecule has 0 bridgehead atoms. The SMILES string of the molecule is COCOc1c(OCCO)ccc(OCc2ccccc2)c1OCc1ccccc1. The number of aliphatic hydroxyl groups is 1. The molecule has 0 spiro atoms. The van der Waals surface area contributed by atoms with Crippen LogP contribution in [0, 0.1) is 0 Å². The molecule has 158 valence electrons. The molecule has 0 aliphatic carbocycles. The molecule has 0 fully saturated rings. The van der Waals surface area contributed by atoms with Gasteiger partial charge in [0.25, 0.3) is 0 Å². The van der Waals surface area contributed by atoms with E-state index >= 15 is 0 Å². The highest BCUT2D eigenvalue weighted by Gasteiger charge is 2.20. The van der Waals surface area contributed by atoms with Crippen LogP contribution in [0.1, 0.15) is 11.1 Å². The first kappa shape index (κ1) is 21.5. The topological polar surface area (TPSA) is 66.4 Å². The molecule has 1 N–H and O–H groups in total. The second kappa shape index (κ2) is 11.7. The van der Waals surface area contributed by atoms with E-state index in [0.717, 1.165) is 11.1 Å². The molecule has 6 nitrogen and oxygen atoms in total. The van der Waals surface area contributed by atoms with Gasteiger partial charge in [-0.3, -0.25) is 0 Å². The Kier molecular flexibility index (Phi) is 8.38. The lowest BCUT2D eigenvalue weighted by Gasteiger charge is -2.19. The summed E-state index contributed by atoms with van der Waals surface area (Å²) in [5, 5.41) is 9.13. The minimum absolute atomic E-state index is 0.0132. The van der Waals surface area contributed by atoms with Gasteiger partial charge in [0.2, 0.25) is 11.5 Å². The molecule has 0 aliphatic heterocycles. The largest absolute Gasteiger partial charge is 0.487 e. The van der Waals surface area contributed by atoms with Crippen LogP contribution in [0.15, 0.2) is 72.8 Å². The zero-order chi connectivity index (χ0) is 21.0. The van der Waals surface area contributed by atoms with Gasteiger partial charge in [0.15, 0.2) is 18.3 Å². The van der Waals surface area contributed by atoms with E-state index in [4.69, 9.17) is 28.8 Å². The van der Waals surface area contributed by atoms with Crippen LogP contribution in [0.3, 0.4) is 0 Å². The number of hydrogen-bond acceptors (Lipinski definition) is 6. The molecule has 3 rings (SSSR count). The Labute approximate surface area is 176 Å². The third-order valence-corrected chi connectivity index (χ3v) is 4.17. The molecule has 0 radical (unpaired) electrons. The van der Waals surface area contributed by atoms with Gasteiger partial charge >= 0.3 is 0 Å². The fourth-order valence-corrected chi connectivity index (χ4v) is 2.77. The van der Waals surface area contributed by atoms with Crippen LogP contribution in [0.4, 0.5) is 0 Å². The first-order valence-corrected chi connectivity index (χ1v) is 9.67. The van der Waals surface area contributed by atoms with Crippen LogP contribution < -0.4 is 18.9 Å². The Morgan fingerprint density at radius 1 is 0.633 bits per heavy atom. The first-order valence-electron chi connectivity index (χ1n) is 9.67. The van der Waals surface area contributed by atoms with E-state index in [1.165, 1.54) is 7.11 Å². The summed E-state index contributed by atoms with van der Waals surface area (Å²) >= 11 is 0. The Morgan fingerprint density at radius 2 is 1.17 bits per heavy atom. The third kappa shape index (κ3) is 6.14. The molecular weight excluding hydrogens is 384 g/mol. The quantitative estimate of drug-likeness (QED) is 0.452. The van der Waals surface area contributed by atoms with Gasteiger partial charge in [0, 0.05) is 7.11 Å². The normalized spacial score (nSPS) is 10.5. The Bertz CT molecular complexity index is 883. The van der Waals surface area contributed by atoms with Gasteiger partial charge < -0.3 is 28.8 Å². The molecule has 0 unspecified atom stereocenters. The maximum absolute atomic E-state index is 9.13. The number of benzene rings is 3. The van der Waals surface area contributed by atoms with Crippen molar-refractivity contribution in [1.82, 2.24) is 0 Å². The van der Waals surface area contributed by atoms with Gasteiger partial charge in [-0.1, -0.05) is 60.7 Å². The summed E-state index contributed by atoms with van der Waals surface area (Å²) in [6.07, 6.45) is 0. The molecular formula is C24H26O6. The van der Waals surface area contributed by atoms with E-state index < -0.39 is 0 Å². The predicted molar refractivity (Wildman–Crippen MR) is 113 cm³/mol. The highest BCUT2D eigenvalue weighted by atomic mass is 16.7. The highest BCUT2D eigenvalue weighted by molar-refractivity contribution is 5.59. The summed E-state index contributed by atoms with van der Waals surface area (Å²) in [4.78, 5) is 0. The fourth-order valence-electron chi connectivity index (χ4n) is 2.77. The second-order valence-corrected chi connectivity index (χ2v) is 6.39. The van der Waals surface area contributed by atoms with Crippen molar-refractivity contribution in [1.29, 1.82) is 0 Å². The average molecular weight is 410 g/mol. The van der Waals surface area contributed by atoms with Crippen LogP contribution in [-0.2, 0) is 18.0 Å². The highest BCUT2D eigenvalue weighted by Crippen LogP contribution is 2.45. The number of ether oxygens (including phenoxy) is 5. The lowest BCUT2D eigenvalue weighted by Crippen LogP contribution is -2.09. The summed E-state index contributed by atoms with van der Waals surface area (Å²) < 4.78 is 28.6. The Hall–Kier alpha value is -3.22. The van der Waals surface area contributed by atoms with Gasteiger partial charge in [-0.25, -0.2) is 0 Å². The van der Waals surface area contributed by atoms with Crippen LogP contribution in [0.25, 0.3) is 0 Å². The van der Waals surface area contributed by atoms with E-state index in [0.29, 0.717) is 36.2 Å². The van der Waals surface area contributed by atoms with Gasteiger partial charge in [0.1, 0.15) is 19.8 Å². The standard InChI is InChI=1S/C24H26O6/c1-26-18-30-24-21(27-15-14-25)12-13-22(28-16-19-8-4-2-5-9-19)23(24)29-17-20-10-6-3-7-11-20/h2-13,25H,14-18H2,1H3. The zero-order valence-corrected chi connectivity index (χ0v) is 17.0. The van der Waals surface area contributed by atoms with Crippen LogP contribution >= 0.6 is 0 Å². The number of hydrogen-bond donors (Lipinski definition) is 1. The van der Waals surface area contributed by atoms with Crippen molar-refractivity contribution in [3.05, 3.63) is 83.9 Å². The predicted octanol–water partition coefficient (Wildman–Crippen LogP) is 4.20. The third-order valence-electron chi connectivity index (χ3n) is 4.17. The minimum Gasteiger partial charge on any atom is -0.487 e. The monoisotopic (exact) mass is 410 g/mol. The maximum atomic E-state index is 9.13. The molecule has 0 aliphatic rings. The molecule has 0 heterocycles. The lowest BCUT2D eigenvalue weighted by molar-refractivity contribution is 0.0447. The summed E-state index contributed by atoms with van der Waals surface area (Å²) in [5.74, 6) is 1.75. The van der Waals surface area contributed by atoms with Crippen LogP contribution in [-0.4, -0.2) is 32.2 Å². The average Bonchev–Trinajstić information content (AvgIpc) is 2.80. The number of rotatable bonds is 12. The molecule has 3 aromatic rings. The second-order valence-electron chi connectivity index (χ2n) is 6.39. The van der Waals surface area contributed by atoms with Crippen molar-refractivity contribution in [3.8, 4) is 23.0 Å². The van der Waals surface area contributed by atoms with Crippen molar-refractivity contribution >= 4 is 0 Å². The van der Waals surface area contributed by atoms with Gasteiger partial charge in [0.05, 0.1) is 6.61 Å². The van der Waals surface area contributed by atoms with Crippen molar-refractivity contribution < 1.29 is 28.8 Å². The zero-order valence-electron chi connectivity index (χ0n) is 17.0. The van der Waals surface area contributed by atoms with E-state index in [-0.39, 0.29) is 20.0 Å². The molecule has 30 heavy (non-hydrogen) atoms. The lowest BCUT2D eigenvalue weighted by atomic mass is 10.2. The van der Waals surface area contributed by atoms with E-state index in [2.05, 4.69) is 0 Å². The Balaban J connectivity index is 1.89. The van der Waals surface area contributed by atoms with Crippen molar-refractivity contribution in [2.45, 2.75) is 13.2 Å². The summed E-state index contributed by atoms with van der Waals surface area (Å²) in [6, 6.07) is 23.2. The van der Waals surface area contributed by atoms with Crippen molar-refractivity contribution in [2.24, 2.45) is 0 Å². The smallest absolute Gasteiger partial charge is 0.210 e. The molecule has 6 heteroatoms. The van der Waals surface area contributed by atoms with Gasteiger partial charge in [-0.2, -0.15) is 0 Å². The van der Waals surface area contributed by atoms with Gasteiger partial charge in [-0.15, -0.1) is 0 Å². The van der Waals surface area contributed by atoms with Crippen molar-refractivity contribution in [3.63, 3.8) is 0 Å². The summed E-state index contributed by atoms with van der Waals surface area (Å²) in [5.41, 5.74) is 2.04. The van der Waals surface area contributed by atoms with Crippen molar-refractivity contribution in [2.75, 3.05) is 27.1 Å².